The van der Waals surface area contributed by atoms with E-state index in [0.29, 0.717) is 5.75 Å². The van der Waals surface area contributed by atoms with Crippen LogP contribution in [-0.2, 0) is 16.4 Å². The Morgan fingerprint density at radius 2 is 1.28 bits per heavy atom. The van der Waals surface area contributed by atoms with Crippen LogP contribution in [0.1, 0.15) is 73.7 Å². The van der Waals surface area contributed by atoms with E-state index in [-0.39, 0.29) is 16.4 Å². The quantitative estimate of drug-likeness (QED) is 0.759. The Kier molecular flexibility index (Phi) is 3.35. The summed E-state index contributed by atoms with van der Waals surface area (Å²) in [6.07, 6.45) is 0. The van der Waals surface area contributed by atoms with Crippen molar-refractivity contribution in [1.82, 2.24) is 9.78 Å². The Morgan fingerprint density at radius 3 is 1.50 bits per heavy atom. The fourth-order valence-electron chi connectivity index (χ4n) is 2.07. The fourth-order valence-corrected chi connectivity index (χ4v) is 2.07. The highest BCUT2D eigenvalue weighted by Crippen LogP contribution is 2.40. The van der Waals surface area contributed by atoms with Crippen molar-refractivity contribution in [3.63, 3.8) is 0 Å². The van der Waals surface area contributed by atoms with Crippen LogP contribution in [0, 0.1) is 0 Å². The van der Waals surface area contributed by atoms with Crippen LogP contribution in [0.15, 0.2) is 0 Å². The van der Waals surface area contributed by atoms with E-state index in [1.165, 1.54) is 0 Å². The zero-order valence-electron chi connectivity index (χ0n) is 13.3. The summed E-state index contributed by atoms with van der Waals surface area (Å²) in [7, 11) is 0. The molecule has 1 N–H and O–H groups in total. The molecule has 0 bridgehead atoms. The highest BCUT2D eigenvalue weighted by molar-refractivity contribution is 5.40. The predicted molar refractivity (Wildman–Crippen MR) is 76.3 cm³/mol. The minimum absolute atomic E-state index is 0.131. The van der Waals surface area contributed by atoms with Gasteiger partial charge in [0.05, 0.1) is 11.2 Å². The van der Waals surface area contributed by atoms with Gasteiger partial charge in [-0.05, 0) is 20.8 Å². The van der Waals surface area contributed by atoms with Crippen LogP contribution in [0.2, 0.25) is 0 Å². The van der Waals surface area contributed by atoms with Gasteiger partial charge >= 0.3 is 0 Å². The third-order valence-corrected chi connectivity index (χ3v) is 2.92. The maximum absolute atomic E-state index is 10.6. The van der Waals surface area contributed by atoms with Crippen molar-refractivity contribution < 1.29 is 5.11 Å². The fraction of sp³-hybridized carbons (Fsp3) is 0.800. The van der Waals surface area contributed by atoms with Crippen molar-refractivity contribution in [1.29, 1.82) is 0 Å². The number of hydrogen-bond acceptors (Lipinski definition) is 2. The van der Waals surface area contributed by atoms with E-state index >= 15 is 0 Å². The van der Waals surface area contributed by atoms with Gasteiger partial charge in [-0.3, -0.25) is 4.68 Å². The predicted octanol–water partition coefficient (Wildman–Crippen LogP) is 3.94. The first kappa shape index (κ1) is 15.1. The monoisotopic (exact) mass is 252 g/mol. The average molecular weight is 252 g/mol. The molecule has 0 aliphatic heterocycles. The van der Waals surface area contributed by atoms with Gasteiger partial charge in [0, 0.05) is 10.8 Å². The van der Waals surface area contributed by atoms with Gasteiger partial charge < -0.3 is 5.11 Å². The van der Waals surface area contributed by atoms with Crippen LogP contribution in [0.3, 0.4) is 0 Å². The van der Waals surface area contributed by atoms with Crippen molar-refractivity contribution in [2.24, 2.45) is 0 Å². The summed E-state index contributed by atoms with van der Waals surface area (Å²) in [6.45, 7) is 18.9. The van der Waals surface area contributed by atoms with Crippen molar-refractivity contribution in [2.75, 3.05) is 0 Å². The molecule has 0 aliphatic rings. The second-order valence-corrected chi connectivity index (χ2v) is 8.13. The molecular formula is C15H28N2O. The summed E-state index contributed by atoms with van der Waals surface area (Å²) >= 11 is 0. The summed E-state index contributed by atoms with van der Waals surface area (Å²) in [4.78, 5) is 0. The molecule has 3 heteroatoms. The molecule has 0 amide bonds. The summed E-state index contributed by atoms with van der Waals surface area (Å²) in [5.74, 6) is 0.352. The van der Waals surface area contributed by atoms with Crippen LogP contribution in [-0.4, -0.2) is 14.9 Å². The average Bonchev–Trinajstić information content (AvgIpc) is 2.39. The largest absolute Gasteiger partial charge is 0.504 e. The lowest BCUT2D eigenvalue weighted by molar-refractivity contribution is 0.313. The van der Waals surface area contributed by atoms with Crippen molar-refractivity contribution >= 4 is 0 Å². The molecule has 0 saturated heterocycles. The van der Waals surface area contributed by atoms with Crippen LogP contribution in [0.25, 0.3) is 0 Å². The molecule has 0 spiro atoms. The molecule has 1 aromatic rings. The molecule has 0 radical (unpaired) electrons. The Morgan fingerprint density at radius 1 is 0.833 bits per heavy atom. The van der Waals surface area contributed by atoms with Crippen molar-refractivity contribution in [2.45, 2.75) is 78.7 Å². The van der Waals surface area contributed by atoms with Crippen LogP contribution in [0.4, 0.5) is 0 Å². The molecule has 0 unspecified atom stereocenters. The Bertz CT molecular complexity index is 437. The van der Waals surface area contributed by atoms with E-state index in [1.807, 2.05) is 4.68 Å². The molecular weight excluding hydrogens is 224 g/mol. The van der Waals surface area contributed by atoms with Crippen LogP contribution < -0.4 is 0 Å². The van der Waals surface area contributed by atoms with Gasteiger partial charge in [-0.15, -0.1) is 0 Å². The summed E-state index contributed by atoms with van der Waals surface area (Å²) in [5, 5.41) is 15.2. The lowest BCUT2D eigenvalue weighted by Crippen LogP contribution is -2.30. The number of rotatable bonds is 0. The summed E-state index contributed by atoms with van der Waals surface area (Å²) in [6, 6.07) is 0. The summed E-state index contributed by atoms with van der Waals surface area (Å²) in [5.41, 5.74) is 1.28. The third-order valence-electron chi connectivity index (χ3n) is 2.92. The molecule has 1 rings (SSSR count). The zero-order chi connectivity index (χ0) is 14.5. The number of hydrogen-bond donors (Lipinski definition) is 1. The molecule has 104 valence electrons. The summed E-state index contributed by atoms with van der Waals surface area (Å²) < 4.78 is 1.98. The molecule has 0 saturated carbocycles. The number of nitrogens with zero attached hydrogens (tertiary/aromatic N) is 2. The highest BCUT2D eigenvalue weighted by atomic mass is 16.3. The topological polar surface area (TPSA) is 38.0 Å². The van der Waals surface area contributed by atoms with E-state index < -0.39 is 0 Å². The standard InChI is InChI=1S/C15H28N2O/c1-13(2,3)11-10(18)12(14(4,5)6)17(16-11)15(7,8)9/h18H,1-9H3. The Labute approximate surface area is 111 Å². The van der Waals surface area contributed by atoms with Gasteiger partial charge in [0.1, 0.15) is 5.69 Å². The molecule has 0 aromatic carbocycles. The van der Waals surface area contributed by atoms with Crippen molar-refractivity contribution in [3.05, 3.63) is 11.4 Å². The molecule has 0 atom stereocenters. The van der Waals surface area contributed by atoms with Gasteiger partial charge in [0.15, 0.2) is 5.75 Å². The lowest BCUT2D eigenvalue weighted by atomic mass is 9.86. The van der Waals surface area contributed by atoms with Crippen LogP contribution in [0.5, 0.6) is 5.75 Å². The normalized spacial score (nSPS) is 14.1. The molecule has 1 heterocycles. The Balaban J connectivity index is 3.63. The first-order valence-electron chi connectivity index (χ1n) is 6.59. The maximum atomic E-state index is 10.6. The van der Waals surface area contributed by atoms with E-state index in [0.717, 1.165) is 11.4 Å². The van der Waals surface area contributed by atoms with Gasteiger partial charge in [0.25, 0.3) is 0 Å². The van der Waals surface area contributed by atoms with E-state index in [4.69, 9.17) is 0 Å². The van der Waals surface area contributed by atoms with E-state index in [1.54, 1.807) is 0 Å². The lowest BCUT2D eigenvalue weighted by Gasteiger charge is -2.28. The second-order valence-electron chi connectivity index (χ2n) is 8.13. The molecule has 18 heavy (non-hydrogen) atoms. The minimum atomic E-state index is -0.152. The number of aromatic hydroxyl groups is 1. The van der Waals surface area contributed by atoms with Crippen LogP contribution >= 0.6 is 0 Å². The molecule has 0 aliphatic carbocycles. The molecule has 3 nitrogen and oxygen atoms in total. The van der Waals surface area contributed by atoms with E-state index in [9.17, 15) is 5.11 Å². The molecule has 0 fully saturated rings. The molecule has 1 aromatic heterocycles. The first-order valence-corrected chi connectivity index (χ1v) is 6.59. The SMILES string of the molecule is CC(C)(C)c1nn(C(C)(C)C)c(C(C)(C)C)c1O. The smallest absolute Gasteiger partial charge is 0.161 e. The minimum Gasteiger partial charge on any atom is -0.504 e. The van der Waals surface area contributed by atoms with Gasteiger partial charge in [0.2, 0.25) is 0 Å². The highest BCUT2D eigenvalue weighted by Gasteiger charge is 2.35. The van der Waals surface area contributed by atoms with Gasteiger partial charge in [-0.1, -0.05) is 41.5 Å². The third kappa shape index (κ3) is 2.70. The van der Waals surface area contributed by atoms with Gasteiger partial charge in [-0.25, -0.2) is 0 Å². The van der Waals surface area contributed by atoms with Gasteiger partial charge in [-0.2, -0.15) is 5.10 Å². The first-order chi connectivity index (χ1) is 7.76. The zero-order valence-corrected chi connectivity index (χ0v) is 13.3. The second kappa shape index (κ2) is 4.01. The van der Waals surface area contributed by atoms with E-state index in [2.05, 4.69) is 67.4 Å². The van der Waals surface area contributed by atoms with Crippen molar-refractivity contribution in [3.8, 4) is 5.75 Å². The Hall–Kier alpha value is -0.990. The maximum Gasteiger partial charge on any atom is 0.161 e. The number of aromatic nitrogens is 2.